The van der Waals surface area contributed by atoms with Crippen LogP contribution in [0.2, 0.25) is 0 Å². The van der Waals surface area contributed by atoms with E-state index in [1.54, 1.807) is 14.2 Å². The molecule has 2 aliphatic heterocycles. The summed E-state index contributed by atoms with van der Waals surface area (Å²) in [6, 6.07) is 0. The topological polar surface area (TPSA) is 27.7 Å². The van der Waals surface area contributed by atoms with Crippen LogP contribution in [0, 0.1) is 11.8 Å². The lowest BCUT2D eigenvalue weighted by Crippen LogP contribution is -2.46. The van der Waals surface area contributed by atoms with Crippen molar-refractivity contribution in [2.45, 2.75) is 38.3 Å². The van der Waals surface area contributed by atoms with Gasteiger partial charge >= 0.3 is 0 Å². The molecule has 13 heavy (non-hydrogen) atoms. The maximum Gasteiger partial charge on any atom is 0.112 e. The standard InChI is InChI=1S/C10H18O3/c1-5-6(2)8-10(12-4)9(11-3)7(5)13-8/h5-10H,1-4H3. The molecule has 2 saturated heterocycles. The zero-order chi connectivity index (χ0) is 9.59. The van der Waals surface area contributed by atoms with Crippen LogP contribution in [0.5, 0.6) is 0 Å². The van der Waals surface area contributed by atoms with E-state index < -0.39 is 0 Å². The van der Waals surface area contributed by atoms with Crippen LogP contribution in [0.1, 0.15) is 13.8 Å². The Labute approximate surface area is 79.4 Å². The van der Waals surface area contributed by atoms with E-state index in [0.717, 1.165) is 0 Å². The van der Waals surface area contributed by atoms with Crippen molar-refractivity contribution in [1.82, 2.24) is 0 Å². The van der Waals surface area contributed by atoms with Gasteiger partial charge in [-0.1, -0.05) is 13.8 Å². The lowest BCUT2D eigenvalue weighted by atomic mass is 9.78. The predicted molar refractivity (Wildman–Crippen MR) is 48.6 cm³/mol. The molecular weight excluding hydrogens is 168 g/mol. The zero-order valence-electron chi connectivity index (χ0n) is 8.69. The monoisotopic (exact) mass is 186 g/mol. The highest BCUT2D eigenvalue weighted by atomic mass is 16.6. The quantitative estimate of drug-likeness (QED) is 0.645. The SMILES string of the molecule is COC1C2OC(C(C)C2C)C1OC. The molecule has 3 nitrogen and oxygen atoms in total. The second-order valence-corrected chi connectivity index (χ2v) is 4.18. The Morgan fingerprint density at radius 3 is 1.54 bits per heavy atom. The molecule has 6 unspecified atom stereocenters. The Kier molecular flexibility index (Phi) is 2.34. The lowest BCUT2D eigenvalue weighted by Gasteiger charge is -2.33. The second-order valence-electron chi connectivity index (χ2n) is 4.18. The zero-order valence-corrected chi connectivity index (χ0v) is 8.69. The minimum absolute atomic E-state index is 0.126. The van der Waals surface area contributed by atoms with Crippen molar-refractivity contribution in [2.24, 2.45) is 11.8 Å². The summed E-state index contributed by atoms with van der Waals surface area (Å²) in [6.45, 7) is 4.46. The van der Waals surface area contributed by atoms with Crippen LogP contribution in [0.4, 0.5) is 0 Å². The molecule has 0 N–H and O–H groups in total. The number of hydrogen-bond acceptors (Lipinski definition) is 3. The van der Waals surface area contributed by atoms with Crippen LogP contribution < -0.4 is 0 Å². The van der Waals surface area contributed by atoms with Crippen LogP contribution in [-0.4, -0.2) is 38.6 Å². The van der Waals surface area contributed by atoms with Crippen LogP contribution in [0.25, 0.3) is 0 Å². The van der Waals surface area contributed by atoms with E-state index in [0.29, 0.717) is 11.8 Å². The van der Waals surface area contributed by atoms with Gasteiger partial charge in [0.05, 0.1) is 12.2 Å². The van der Waals surface area contributed by atoms with Crippen molar-refractivity contribution >= 4 is 0 Å². The fourth-order valence-corrected chi connectivity index (χ4v) is 2.69. The summed E-state index contributed by atoms with van der Waals surface area (Å²) >= 11 is 0. The first kappa shape index (κ1) is 9.44. The van der Waals surface area contributed by atoms with Crippen LogP contribution in [-0.2, 0) is 14.2 Å². The van der Waals surface area contributed by atoms with Crippen LogP contribution in [0.3, 0.4) is 0 Å². The maximum absolute atomic E-state index is 5.85. The Balaban J connectivity index is 2.17. The first-order valence-electron chi connectivity index (χ1n) is 4.91. The molecule has 0 saturated carbocycles. The van der Waals surface area contributed by atoms with Crippen molar-refractivity contribution < 1.29 is 14.2 Å². The molecule has 2 bridgehead atoms. The molecule has 0 spiro atoms. The largest absolute Gasteiger partial charge is 0.376 e. The average molecular weight is 186 g/mol. The van der Waals surface area contributed by atoms with Crippen molar-refractivity contribution in [2.75, 3.05) is 14.2 Å². The Morgan fingerprint density at radius 2 is 1.23 bits per heavy atom. The van der Waals surface area contributed by atoms with Crippen molar-refractivity contribution in [3.8, 4) is 0 Å². The van der Waals surface area contributed by atoms with Gasteiger partial charge in [0.25, 0.3) is 0 Å². The number of methoxy groups -OCH3 is 2. The summed E-state index contributed by atoms with van der Waals surface area (Å²) in [7, 11) is 3.47. The smallest absolute Gasteiger partial charge is 0.112 e. The third-order valence-corrected chi connectivity index (χ3v) is 3.70. The van der Waals surface area contributed by atoms with Crippen molar-refractivity contribution in [1.29, 1.82) is 0 Å². The minimum Gasteiger partial charge on any atom is -0.376 e. The van der Waals surface area contributed by atoms with E-state index in [2.05, 4.69) is 13.8 Å². The van der Waals surface area contributed by atoms with E-state index in [-0.39, 0.29) is 24.4 Å². The third kappa shape index (κ3) is 1.14. The molecule has 2 rings (SSSR count). The number of hydrogen-bond donors (Lipinski definition) is 0. The highest BCUT2D eigenvalue weighted by Crippen LogP contribution is 2.45. The molecule has 0 amide bonds. The van der Waals surface area contributed by atoms with Gasteiger partial charge in [-0.15, -0.1) is 0 Å². The maximum atomic E-state index is 5.85. The van der Waals surface area contributed by atoms with Crippen molar-refractivity contribution in [3.63, 3.8) is 0 Å². The van der Waals surface area contributed by atoms with Crippen LogP contribution >= 0.6 is 0 Å². The van der Waals surface area contributed by atoms with Gasteiger partial charge in [0.1, 0.15) is 12.2 Å². The van der Waals surface area contributed by atoms with E-state index >= 15 is 0 Å². The number of ether oxygens (including phenoxy) is 3. The molecule has 0 aromatic rings. The summed E-state index contributed by atoms with van der Waals surface area (Å²) in [5.41, 5.74) is 0. The van der Waals surface area contributed by atoms with Gasteiger partial charge in [-0.3, -0.25) is 0 Å². The molecule has 0 radical (unpaired) electrons. The summed E-state index contributed by atoms with van der Waals surface area (Å²) in [5.74, 6) is 1.17. The van der Waals surface area contributed by atoms with Gasteiger partial charge in [-0.05, 0) is 11.8 Å². The van der Waals surface area contributed by atoms with Gasteiger partial charge in [0.15, 0.2) is 0 Å². The number of rotatable bonds is 2. The van der Waals surface area contributed by atoms with E-state index in [9.17, 15) is 0 Å². The molecule has 2 fully saturated rings. The molecule has 76 valence electrons. The first-order chi connectivity index (χ1) is 6.20. The van der Waals surface area contributed by atoms with E-state index in [4.69, 9.17) is 14.2 Å². The summed E-state index contributed by atoms with van der Waals surface area (Å²) in [5, 5.41) is 0. The fourth-order valence-electron chi connectivity index (χ4n) is 2.69. The lowest BCUT2D eigenvalue weighted by molar-refractivity contribution is -0.0609. The first-order valence-corrected chi connectivity index (χ1v) is 4.91. The van der Waals surface area contributed by atoms with E-state index in [1.807, 2.05) is 0 Å². The molecule has 3 heteroatoms. The van der Waals surface area contributed by atoms with Crippen molar-refractivity contribution in [3.05, 3.63) is 0 Å². The van der Waals surface area contributed by atoms with E-state index in [1.165, 1.54) is 0 Å². The molecule has 0 aromatic heterocycles. The second kappa shape index (κ2) is 3.23. The summed E-state index contributed by atoms with van der Waals surface area (Å²) in [4.78, 5) is 0. The molecule has 2 heterocycles. The molecule has 2 aliphatic rings. The van der Waals surface area contributed by atoms with Gasteiger partial charge in [0, 0.05) is 14.2 Å². The van der Waals surface area contributed by atoms with Gasteiger partial charge in [-0.25, -0.2) is 0 Å². The molecule has 0 aromatic carbocycles. The minimum atomic E-state index is 0.126. The van der Waals surface area contributed by atoms with Gasteiger partial charge < -0.3 is 14.2 Å². The Morgan fingerprint density at radius 1 is 0.846 bits per heavy atom. The average Bonchev–Trinajstić information content (AvgIpc) is 2.63. The third-order valence-electron chi connectivity index (χ3n) is 3.70. The normalized spacial score (nSPS) is 54.5. The van der Waals surface area contributed by atoms with Gasteiger partial charge in [0.2, 0.25) is 0 Å². The number of fused-ring (bicyclic) bond motifs is 2. The molecular formula is C10H18O3. The molecule has 6 atom stereocenters. The molecule has 0 aliphatic carbocycles. The Hall–Kier alpha value is -0.120. The van der Waals surface area contributed by atoms with Gasteiger partial charge in [-0.2, -0.15) is 0 Å². The predicted octanol–water partition coefficient (Wildman–Crippen LogP) is 1.07. The highest BCUT2D eigenvalue weighted by Gasteiger charge is 2.57. The summed E-state index contributed by atoms with van der Waals surface area (Å²) < 4.78 is 16.7. The summed E-state index contributed by atoms with van der Waals surface area (Å²) in [6.07, 6.45) is 0.715. The van der Waals surface area contributed by atoms with Crippen LogP contribution in [0.15, 0.2) is 0 Å². The highest BCUT2D eigenvalue weighted by molar-refractivity contribution is 5.05. The fraction of sp³-hybridized carbons (Fsp3) is 1.00. The Bertz CT molecular complexity index is 171.